The van der Waals surface area contributed by atoms with Gasteiger partial charge in [-0.15, -0.1) is 0 Å². The number of hydrogen-bond acceptors (Lipinski definition) is 2. The second kappa shape index (κ2) is 4.68. The van der Waals surface area contributed by atoms with E-state index in [1.165, 1.54) is 6.08 Å². The number of rotatable bonds is 3. The zero-order valence-corrected chi connectivity index (χ0v) is 9.84. The van der Waals surface area contributed by atoms with Crippen molar-refractivity contribution < 1.29 is 24.2 Å². The van der Waals surface area contributed by atoms with Crippen molar-refractivity contribution in [1.29, 1.82) is 0 Å². The van der Waals surface area contributed by atoms with Crippen LogP contribution >= 0.6 is 0 Å². The van der Waals surface area contributed by atoms with E-state index >= 15 is 0 Å². The lowest BCUT2D eigenvalue weighted by molar-refractivity contribution is -0.151. The van der Waals surface area contributed by atoms with Crippen LogP contribution in [-0.2, 0) is 9.59 Å². The number of alkyl halides is 1. The molecule has 0 amide bonds. The van der Waals surface area contributed by atoms with Crippen molar-refractivity contribution in [3.8, 4) is 0 Å². The Morgan fingerprint density at radius 1 is 1.11 bits per heavy atom. The van der Waals surface area contributed by atoms with Gasteiger partial charge >= 0.3 is 11.9 Å². The Labute approximate surface area is 108 Å². The van der Waals surface area contributed by atoms with Gasteiger partial charge in [-0.25, -0.2) is 14.0 Å². The molecule has 0 spiro atoms. The fourth-order valence-electron chi connectivity index (χ4n) is 2.01. The lowest BCUT2D eigenvalue weighted by Gasteiger charge is -2.25. The van der Waals surface area contributed by atoms with Crippen molar-refractivity contribution in [2.75, 3.05) is 0 Å². The van der Waals surface area contributed by atoms with E-state index in [2.05, 4.69) is 0 Å². The number of carbonyl (C=O) groups is 2. The molecule has 1 aromatic rings. The van der Waals surface area contributed by atoms with Crippen LogP contribution in [0.3, 0.4) is 0 Å². The molecule has 0 radical (unpaired) electrons. The lowest BCUT2D eigenvalue weighted by atomic mass is 9.82. The van der Waals surface area contributed by atoms with Gasteiger partial charge in [0.1, 0.15) is 0 Å². The quantitative estimate of drug-likeness (QED) is 0.876. The largest absolute Gasteiger partial charge is 0.479 e. The van der Waals surface area contributed by atoms with Crippen LogP contribution in [0.2, 0.25) is 0 Å². The van der Waals surface area contributed by atoms with E-state index in [9.17, 15) is 14.0 Å². The van der Waals surface area contributed by atoms with Gasteiger partial charge in [0.05, 0.1) is 5.57 Å². The van der Waals surface area contributed by atoms with Gasteiger partial charge in [-0.1, -0.05) is 36.4 Å². The van der Waals surface area contributed by atoms with Crippen LogP contribution in [0, 0.1) is 0 Å². The summed E-state index contributed by atoms with van der Waals surface area (Å²) in [6.45, 7) is 0. The SMILES string of the molecule is O=C(O)C1=CC=C(c2ccccc2)CC1(F)C(=O)O. The van der Waals surface area contributed by atoms with E-state index < -0.39 is 29.6 Å². The average Bonchev–Trinajstić information content (AvgIpc) is 2.39. The maximum atomic E-state index is 14.5. The molecule has 4 nitrogen and oxygen atoms in total. The number of allylic oxidation sites excluding steroid dienone is 3. The summed E-state index contributed by atoms with van der Waals surface area (Å²) in [4.78, 5) is 22.0. The summed E-state index contributed by atoms with van der Waals surface area (Å²) in [5.41, 5.74) is -2.52. The molecule has 0 saturated carbocycles. The van der Waals surface area contributed by atoms with Crippen LogP contribution in [0.25, 0.3) is 5.57 Å². The van der Waals surface area contributed by atoms with E-state index in [0.29, 0.717) is 11.1 Å². The normalized spacial score (nSPS) is 22.4. The van der Waals surface area contributed by atoms with E-state index in [0.717, 1.165) is 6.08 Å². The minimum Gasteiger partial charge on any atom is -0.479 e. The first-order valence-electron chi connectivity index (χ1n) is 5.57. The van der Waals surface area contributed by atoms with Crippen LogP contribution in [0.15, 0.2) is 48.1 Å². The highest BCUT2D eigenvalue weighted by molar-refractivity contribution is 6.01. The van der Waals surface area contributed by atoms with Gasteiger partial charge in [0.15, 0.2) is 0 Å². The predicted molar refractivity (Wildman–Crippen MR) is 66.2 cm³/mol. The first kappa shape index (κ1) is 13.0. The molecule has 0 fully saturated rings. The molecule has 1 aromatic carbocycles. The highest BCUT2D eigenvalue weighted by Crippen LogP contribution is 2.37. The Hall–Kier alpha value is -2.43. The predicted octanol–water partition coefficient (Wildman–Crippen LogP) is 2.28. The lowest BCUT2D eigenvalue weighted by Crippen LogP contribution is -2.40. The third-order valence-electron chi connectivity index (χ3n) is 3.03. The minimum absolute atomic E-state index is 0.454. The van der Waals surface area contributed by atoms with Crippen LogP contribution in [0.1, 0.15) is 12.0 Å². The van der Waals surface area contributed by atoms with Crippen LogP contribution in [-0.4, -0.2) is 27.8 Å². The number of halogens is 1. The maximum Gasteiger partial charge on any atom is 0.346 e. The molecule has 98 valence electrons. The average molecular weight is 262 g/mol. The Morgan fingerprint density at radius 3 is 2.26 bits per heavy atom. The van der Waals surface area contributed by atoms with Gasteiger partial charge in [0.2, 0.25) is 5.67 Å². The van der Waals surface area contributed by atoms with Gasteiger partial charge in [-0.05, 0) is 17.2 Å². The van der Waals surface area contributed by atoms with Crippen LogP contribution in [0.5, 0.6) is 0 Å². The standard InChI is InChI=1S/C14H11FO4/c15-14(13(18)19)8-10(6-7-11(14)12(16)17)9-4-2-1-3-5-9/h1-7H,8H2,(H,16,17)(H,18,19). The summed E-state index contributed by atoms with van der Waals surface area (Å²) in [6, 6.07) is 8.70. The van der Waals surface area contributed by atoms with Crippen molar-refractivity contribution in [2.24, 2.45) is 0 Å². The molecule has 1 unspecified atom stereocenters. The molecule has 1 atom stereocenters. The Kier molecular flexibility index (Phi) is 3.21. The molecule has 2 rings (SSSR count). The first-order valence-corrected chi connectivity index (χ1v) is 5.57. The zero-order valence-electron chi connectivity index (χ0n) is 9.84. The molecule has 0 aliphatic heterocycles. The van der Waals surface area contributed by atoms with Gasteiger partial charge < -0.3 is 10.2 Å². The van der Waals surface area contributed by atoms with E-state index in [4.69, 9.17) is 10.2 Å². The summed E-state index contributed by atoms with van der Waals surface area (Å²) < 4.78 is 14.5. The van der Waals surface area contributed by atoms with Gasteiger partial charge in [-0.2, -0.15) is 0 Å². The fourth-order valence-corrected chi connectivity index (χ4v) is 2.01. The van der Waals surface area contributed by atoms with Gasteiger partial charge in [0.25, 0.3) is 0 Å². The summed E-state index contributed by atoms with van der Waals surface area (Å²) in [6.07, 6.45) is 1.96. The Bertz CT molecular complexity index is 589. The molecule has 1 aliphatic rings. The number of benzene rings is 1. The van der Waals surface area contributed by atoms with Crippen molar-refractivity contribution in [3.05, 3.63) is 53.6 Å². The topological polar surface area (TPSA) is 74.6 Å². The van der Waals surface area contributed by atoms with Crippen molar-refractivity contribution in [1.82, 2.24) is 0 Å². The smallest absolute Gasteiger partial charge is 0.346 e. The molecule has 0 bridgehead atoms. The van der Waals surface area contributed by atoms with Crippen molar-refractivity contribution >= 4 is 17.5 Å². The zero-order chi connectivity index (χ0) is 14.0. The van der Waals surface area contributed by atoms with E-state index in [1.54, 1.807) is 30.3 Å². The monoisotopic (exact) mass is 262 g/mol. The molecule has 0 heterocycles. The minimum atomic E-state index is -2.90. The molecular formula is C14H11FO4. The number of hydrogen-bond donors (Lipinski definition) is 2. The van der Waals surface area contributed by atoms with Crippen LogP contribution < -0.4 is 0 Å². The highest BCUT2D eigenvalue weighted by Gasteiger charge is 2.48. The summed E-state index contributed by atoms with van der Waals surface area (Å²) >= 11 is 0. The fraction of sp³-hybridized carbons (Fsp3) is 0.143. The molecular weight excluding hydrogens is 251 g/mol. The number of carboxylic acid groups (broad SMARTS) is 2. The molecule has 19 heavy (non-hydrogen) atoms. The third-order valence-corrected chi connectivity index (χ3v) is 3.03. The van der Waals surface area contributed by atoms with E-state index in [-0.39, 0.29) is 0 Å². The van der Waals surface area contributed by atoms with Gasteiger partial charge in [0, 0.05) is 6.42 Å². The molecule has 0 aromatic heterocycles. The summed E-state index contributed by atoms with van der Waals surface area (Å²) in [5, 5.41) is 17.9. The van der Waals surface area contributed by atoms with Crippen molar-refractivity contribution in [2.45, 2.75) is 12.1 Å². The Balaban J connectivity index is 2.48. The third kappa shape index (κ3) is 2.27. The summed E-state index contributed by atoms with van der Waals surface area (Å²) in [7, 11) is 0. The Morgan fingerprint density at radius 2 is 1.74 bits per heavy atom. The molecule has 0 saturated heterocycles. The number of carboxylic acids is 2. The summed E-state index contributed by atoms with van der Waals surface area (Å²) in [5.74, 6) is -3.35. The van der Waals surface area contributed by atoms with E-state index in [1.807, 2.05) is 0 Å². The first-order chi connectivity index (χ1) is 8.95. The second-order valence-electron chi connectivity index (χ2n) is 4.23. The maximum absolute atomic E-state index is 14.5. The number of aliphatic carboxylic acids is 2. The highest BCUT2D eigenvalue weighted by atomic mass is 19.1. The van der Waals surface area contributed by atoms with Crippen LogP contribution in [0.4, 0.5) is 4.39 Å². The molecule has 2 N–H and O–H groups in total. The van der Waals surface area contributed by atoms with Crippen molar-refractivity contribution in [3.63, 3.8) is 0 Å². The second-order valence-corrected chi connectivity index (χ2v) is 4.23. The molecule has 1 aliphatic carbocycles. The molecule has 5 heteroatoms. The van der Waals surface area contributed by atoms with Gasteiger partial charge in [-0.3, -0.25) is 0 Å².